The van der Waals surface area contributed by atoms with Crippen LogP contribution in [0.3, 0.4) is 0 Å². The Morgan fingerprint density at radius 2 is 2.00 bits per heavy atom. The second-order valence-corrected chi connectivity index (χ2v) is 3.14. The van der Waals surface area contributed by atoms with Gasteiger partial charge in [0.25, 0.3) is 5.69 Å². The van der Waals surface area contributed by atoms with Gasteiger partial charge in [-0.05, 0) is 12.3 Å². The van der Waals surface area contributed by atoms with Crippen molar-refractivity contribution in [2.75, 3.05) is 13.4 Å². The average molecular weight is 229 g/mol. The van der Waals surface area contributed by atoms with Gasteiger partial charge in [0.2, 0.25) is 0 Å². The Morgan fingerprint density at radius 1 is 1.40 bits per heavy atom. The number of rotatable bonds is 3. The van der Waals surface area contributed by atoms with Gasteiger partial charge >= 0.3 is 0 Å². The van der Waals surface area contributed by atoms with Crippen LogP contribution in [-0.4, -0.2) is 18.3 Å². The molecule has 0 heterocycles. The van der Waals surface area contributed by atoms with Gasteiger partial charge in [0.1, 0.15) is 5.75 Å². The third-order valence-electron chi connectivity index (χ3n) is 1.58. The molecule has 0 fully saturated rings. The number of nitrogens with zero attached hydrogens (tertiary/aromatic N) is 1. The van der Waals surface area contributed by atoms with Crippen LogP contribution in [0, 0.1) is 10.1 Å². The number of hydrogen-bond acceptors (Lipinski definition) is 4. The molecule has 1 aromatic rings. The van der Waals surface area contributed by atoms with E-state index in [9.17, 15) is 10.1 Å². The second kappa shape index (κ2) is 7.11. The van der Waals surface area contributed by atoms with Gasteiger partial charge in [-0.3, -0.25) is 10.1 Å². The highest BCUT2D eigenvalue weighted by atomic mass is 32.2. The maximum atomic E-state index is 10.4. The lowest BCUT2D eigenvalue weighted by Gasteiger charge is -2.04. The van der Waals surface area contributed by atoms with Gasteiger partial charge in [-0.15, -0.1) is 11.8 Å². The number of methoxy groups -OCH3 is 1. The van der Waals surface area contributed by atoms with Crippen molar-refractivity contribution in [3.63, 3.8) is 0 Å². The SMILES string of the molecule is CC.COc1cc([N+](=O)[O-])ccc1SC. The molecular weight excluding hydrogens is 214 g/mol. The number of ether oxygens (including phenoxy) is 1. The van der Waals surface area contributed by atoms with E-state index in [1.54, 1.807) is 6.07 Å². The number of benzene rings is 1. The van der Waals surface area contributed by atoms with Gasteiger partial charge in [0.05, 0.1) is 18.1 Å². The van der Waals surface area contributed by atoms with Crippen molar-refractivity contribution in [2.24, 2.45) is 0 Å². The Morgan fingerprint density at radius 3 is 2.40 bits per heavy atom. The molecule has 0 aliphatic heterocycles. The van der Waals surface area contributed by atoms with Gasteiger partial charge in [-0.25, -0.2) is 0 Å². The summed E-state index contributed by atoms with van der Waals surface area (Å²) in [4.78, 5) is 10.9. The molecule has 0 bridgehead atoms. The van der Waals surface area contributed by atoms with Crippen LogP contribution in [0.5, 0.6) is 5.75 Å². The van der Waals surface area contributed by atoms with E-state index in [1.165, 1.54) is 31.0 Å². The zero-order valence-corrected chi connectivity index (χ0v) is 10.1. The summed E-state index contributed by atoms with van der Waals surface area (Å²) < 4.78 is 5.00. The van der Waals surface area contributed by atoms with Crippen molar-refractivity contribution in [1.29, 1.82) is 0 Å². The predicted molar refractivity (Wildman–Crippen MR) is 62.8 cm³/mol. The van der Waals surface area contributed by atoms with E-state index in [4.69, 9.17) is 4.74 Å². The Labute approximate surface area is 93.8 Å². The fraction of sp³-hybridized carbons (Fsp3) is 0.400. The van der Waals surface area contributed by atoms with Gasteiger partial charge in [-0.2, -0.15) is 0 Å². The van der Waals surface area contributed by atoms with Gasteiger partial charge in [-0.1, -0.05) is 13.8 Å². The van der Waals surface area contributed by atoms with Crippen molar-refractivity contribution in [2.45, 2.75) is 18.7 Å². The first-order valence-corrected chi connectivity index (χ1v) is 5.78. The second-order valence-electron chi connectivity index (χ2n) is 2.30. The molecule has 84 valence electrons. The Kier molecular flexibility index (Phi) is 6.53. The van der Waals surface area contributed by atoms with E-state index in [1.807, 2.05) is 20.1 Å². The summed E-state index contributed by atoms with van der Waals surface area (Å²) in [6.45, 7) is 4.00. The smallest absolute Gasteiger partial charge is 0.273 e. The Bertz CT molecular complexity index is 328. The summed E-state index contributed by atoms with van der Waals surface area (Å²) in [5.41, 5.74) is 0.0506. The van der Waals surface area contributed by atoms with Gasteiger partial charge < -0.3 is 4.74 Å². The monoisotopic (exact) mass is 229 g/mol. The van der Waals surface area contributed by atoms with E-state index >= 15 is 0 Å². The maximum absolute atomic E-state index is 10.4. The van der Waals surface area contributed by atoms with E-state index < -0.39 is 4.92 Å². The molecule has 0 saturated heterocycles. The molecule has 4 nitrogen and oxygen atoms in total. The minimum atomic E-state index is -0.438. The summed E-state index contributed by atoms with van der Waals surface area (Å²) in [5.74, 6) is 0.543. The molecule has 0 N–H and O–H groups in total. The van der Waals surface area contributed by atoms with Crippen LogP contribution in [-0.2, 0) is 0 Å². The van der Waals surface area contributed by atoms with Crippen LogP contribution < -0.4 is 4.74 Å². The van der Waals surface area contributed by atoms with Crippen LogP contribution in [0.2, 0.25) is 0 Å². The first-order valence-electron chi connectivity index (χ1n) is 4.55. The van der Waals surface area contributed by atoms with Gasteiger partial charge in [0.15, 0.2) is 0 Å². The summed E-state index contributed by atoms with van der Waals surface area (Å²) in [7, 11) is 1.50. The van der Waals surface area contributed by atoms with Crippen molar-refractivity contribution >= 4 is 17.4 Å². The summed E-state index contributed by atoms with van der Waals surface area (Å²) >= 11 is 1.49. The molecule has 0 amide bonds. The summed E-state index contributed by atoms with van der Waals surface area (Å²) in [6.07, 6.45) is 1.89. The summed E-state index contributed by atoms with van der Waals surface area (Å²) in [6, 6.07) is 4.57. The normalized spacial score (nSPS) is 8.80. The molecule has 0 radical (unpaired) electrons. The maximum Gasteiger partial charge on any atom is 0.273 e. The molecule has 0 aromatic heterocycles. The number of thioether (sulfide) groups is 1. The van der Waals surface area contributed by atoms with Crippen LogP contribution in [0.15, 0.2) is 23.1 Å². The molecule has 1 rings (SSSR count). The number of nitro benzene ring substituents is 1. The van der Waals surface area contributed by atoms with Gasteiger partial charge in [0, 0.05) is 11.0 Å². The van der Waals surface area contributed by atoms with Crippen molar-refractivity contribution in [3.05, 3.63) is 28.3 Å². The number of hydrogen-bond donors (Lipinski definition) is 0. The van der Waals surface area contributed by atoms with Crippen molar-refractivity contribution < 1.29 is 9.66 Å². The first kappa shape index (κ1) is 13.8. The van der Waals surface area contributed by atoms with E-state index in [0.29, 0.717) is 5.75 Å². The standard InChI is InChI=1S/C8H9NO3S.C2H6/c1-12-7-5-6(9(10)11)3-4-8(7)13-2;1-2/h3-5H,1-2H3;1-2H3. The first-order chi connectivity index (χ1) is 7.19. The highest BCUT2D eigenvalue weighted by Crippen LogP contribution is 2.30. The Hall–Kier alpha value is -1.23. The molecule has 0 spiro atoms. The fourth-order valence-corrected chi connectivity index (χ4v) is 1.49. The lowest BCUT2D eigenvalue weighted by atomic mass is 10.3. The lowest BCUT2D eigenvalue weighted by molar-refractivity contribution is -0.385. The zero-order chi connectivity index (χ0) is 11.8. The molecule has 0 aliphatic rings. The summed E-state index contributed by atoms with van der Waals surface area (Å²) in [5, 5.41) is 10.4. The van der Waals surface area contributed by atoms with Crippen LogP contribution in [0.25, 0.3) is 0 Å². The molecule has 0 aliphatic carbocycles. The molecule has 15 heavy (non-hydrogen) atoms. The third kappa shape index (κ3) is 3.79. The molecule has 0 atom stereocenters. The number of non-ortho nitro benzene ring substituents is 1. The average Bonchev–Trinajstić information content (AvgIpc) is 2.30. The van der Waals surface area contributed by atoms with E-state index in [0.717, 1.165) is 4.90 Å². The van der Waals surface area contributed by atoms with E-state index in [2.05, 4.69) is 0 Å². The fourth-order valence-electron chi connectivity index (χ4n) is 0.938. The largest absolute Gasteiger partial charge is 0.495 e. The topological polar surface area (TPSA) is 52.4 Å². The highest BCUT2D eigenvalue weighted by Gasteiger charge is 2.09. The molecule has 0 saturated carbocycles. The minimum Gasteiger partial charge on any atom is -0.495 e. The van der Waals surface area contributed by atoms with Crippen LogP contribution in [0.1, 0.15) is 13.8 Å². The minimum absolute atomic E-state index is 0.0506. The predicted octanol–water partition coefficient (Wildman–Crippen LogP) is 3.35. The Balaban J connectivity index is 0.000000921. The molecule has 1 aromatic carbocycles. The number of nitro groups is 1. The lowest BCUT2D eigenvalue weighted by Crippen LogP contribution is -1.91. The van der Waals surface area contributed by atoms with Crippen LogP contribution >= 0.6 is 11.8 Å². The zero-order valence-electron chi connectivity index (χ0n) is 9.31. The van der Waals surface area contributed by atoms with E-state index in [-0.39, 0.29) is 5.69 Å². The third-order valence-corrected chi connectivity index (χ3v) is 2.36. The van der Waals surface area contributed by atoms with Crippen molar-refractivity contribution in [1.82, 2.24) is 0 Å². The molecule has 5 heteroatoms. The van der Waals surface area contributed by atoms with Crippen molar-refractivity contribution in [3.8, 4) is 5.75 Å². The molecular formula is C10H15NO3S. The highest BCUT2D eigenvalue weighted by molar-refractivity contribution is 7.98. The molecule has 0 unspecified atom stereocenters. The van der Waals surface area contributed by atoms with Crippen LogP contribution in [0.4, 0.5) is 5.69 Å². The quantitative estimate of drug-likeness (QED) is 0.453.